The standard InChI is InChI=1S/C10H13Cl2NO/c1-7-3-4-10(14-7)8(2)13-6-9(12)5-11/h3-5,8,13H,6H2,1-2H3. The van der Waals surface area contributed by atoms with Gasteiger partial charge in [-0.3, -0.25) is 0 Å². The van der Waals surface area contributed by atoms with Gasteiger partial charge in [0.25, 0.3) is 0 Å². The minimum Gasteiger partial charge on any atom is -0.465 e. The van der Waals surface area contributed by atoms with E-state index in [1.165, 1.54) is 5.54 Å². The van der Waals surface area contributed by atoms with Gasteiger partial charge in [0.05, 0.1) is 6.04 Å². The molecule has 0 bridgehead atoms. The van der Waals surface area contributed by atoms with Crippen molar-refractivity contribution < 1.29 is 4.42 Å². The zero-order chi connectivity index (χ0) is 10.6. The zero-order valence-corrected chi connectivity index (χ0v) is 9.69. The molecule has 78 valence electrons. The Morgan fingerprint density at radius 1 is 1.64 bits per heavy atom. The van der Waals surface area contributed by atoms with E-state index in [1.807, 2.05) is 26.0 Å². The molecule has 0 aromatic carbocycles. The highest BCUT2D eigenvalue weighted by molar-refractivity contribution is 6.36. The summed E-state index contributed by atoms with van der Waals surface area (Å²) in [6.07, 6.45) is 0. The van der Waals surface area contributed by atoms with Gasteiger partial charge in [0.15, 0.2) is 0 Å². The van der Waals surface area contributed by atoms with E-state index in [9.17, 15) is 0 Å². The fourth-order valence-corrected chi connectivity index (χ4v) is 1.23. The third-order valence-corrected chi connectivity index (χ3v) is 2.50. The summed E-state index contributed by atoms with van der Waals surface area (Å²) in [5.41, 5.74) is 1.36. The highest BCUT2D eigenvalue weighted by atomic mass is 35.5. The fourth-order valence-electron chi connectivity index (χ4n) is 1.08. The third-order valence-electron chi connectivity index (χ3n) is 1.88. The van der Waals surface area contributed by atoms with Crippen LogP contribution in [-0.4, -0.2) is 6.54 Å². The van der Waals surface area contributed by atoms with Crippen molar-refractivity contribution in [3.63, 3.8) is 0 Å². The van der Waals surface area contributed by atoms with E-state index >= 15 is 0 Å². The van der Waals surface area contributed by atoms with E-state index in [0.717, 1.165) is 11.5 Å². The lowest BCUT2D eigenvalue weighted by molar-refractivity contribution is 0.425. The van der Waals surface area contributed by atoms with Crippen LogP contribution in [0.5, 0.6) is 0 Å². The maximum Gasteiger partial charge on any atom is 0.120 e. The maximum atomic E-state index is 5.74. The molecular formula is C10H13Cl2NO. The summed E-state index contributed by atoms with van der Waals surface area (Å²) in [5.74, 6) is 1.81. The molecule has 1 aromatic rings. The summed E-state index contributed by atoms with van der Waals surface area (Å²) in [4.78, 5) is 0. The lowest BCUT2D eigenvalue weighted by Crippen LogP contribution is -2.19. The van der Waals surface area contributed by atoms with Gasteiger partial charge < -0.3 is 9.73 Å². The van der Waals surface area contributed by atoms with Crippen LogP contribution in [0.4, 0.5) is 0 Å². The molecule has 0 aliphatic carbocycles. The van der Waals surface area contributed by atoms with Gasteiger partial charge in [-0.05, 0) is 26.0 Å². The van der Waals surface area contributed by atoms with Crippen LogP contribution in [0.15, 0.2) is 27.1 Å². The number of hydrogen-bond donors (Lipinski definition) is 1. The van der Waals surface area contributed by atoms with E-state index in [2.05, 4.69) is 5.32 Å². The highest BCUT2D eigenvalue weighted by Crippen LogP contribution is 2.16. The van der Waals surface area contributed by atoms with Crippen LogP contribution >= 0.6 is 23.2 Å². The van der Waals surface area contributed by atoms with Gasteiger partial charge in [0.2, 0.25) is 0 Å². The fraction of sp³-hybridized carbons (Fsp3) is 0.400. The van der Waals surface area contributed by atoms with Crippen LogP contribution in [0.2, 0.25) is 0 Å². The Kier molecular flexibility index (Phi) is 4.52. The molecule has 0 saturated heterocycles. The number of halogens is 2. The van der Waals surface area contributed by atoms with Crippen LogP contribution < -0.4 is 5.32 Å². The Labute approximate surface area is 93.9 Å². The molecule has 1 unspecified atom stereocenters. The van der Waals surface area contributed by atoms with Crippen LogP contribution in [0, 0.1) is 6.92 Å². The summed E-state index contributed by atoms with van der Waals surface area (Å²) in [7, 11) is 0. The first kappa shape index (κ1) is 11.6. The second-order valence-electron chi connectivity index (χ2n) is 3.11. The Morgan fingerprint density at radius 3 is 2.86 bits per heavy atom. The number of rotatable bonds is 4. The van der Waals surface area contributed by atoms with Crippen molar-refractivity contribution in [3.8, 4) is 0 Å². The molecule has 1 rings (SSSR count). The van der Waals surface area contributed by atoms with Crippen LogP contribution in [-0.2, 0) is 0 Å². The van der Waals surface area contributed by atoms with Crippen LogP contribution in [0.3, 0.4) is 0 Å². The lowest BCUT2D eigenvalue weighted by Gasteiger charge is -2.10. The van der Waals surface area contributed by atoms with Gasteiger partial charge >= 0.3 is 0 Å². The molecule has 0 amide bonds. The molecule has 1 N–H and O–H groups in total. The molecule has 0 saturated carbocycles. The molecule has 0 radical (unpaired) electrons. The SMILES string of the molecule is Cc1ccc(C(C)NCC(Cl)=CCl)o1. The van der Waals surface area contributed by atoms with Crippen molar-refractivity contribution in [2.24, 2.45) is 0 Å². The van der Waals surface area contributed by atoms with Gasteiger partial charge in [-0.1, -0.05) is 23.2 Å². The number of nitrogens with one attached hydrogen (secondary N) is 1. The normalized spacial score (nSPS) is 14.4. The first-order chi connectivity index (χ1) is 6.63. The first-order valence-electron chi connectivity index (χ1n) is 4.38. The van der Waals surface area contributed by atoms with Crippen LogP contribution in [0.25, 0.3) is 0 Å². The van der Waals surface area contributed by atoms with Gasteiger partial charge in [0.1, 0.15) is 11.5 Å². The predicted molar refractivity (Wildman–Crippen MR) is 59.7 cm³/mol. The Morgan fingerprint density at radius 2 is 2.36 bits per heavy atom. The van der Waals surface area contributed by atoms with Crippen LogP contribution in [0.1, 0.15) is 24.5 Å². The summed E-state index contributed by atoms with van der Waals surface area (Å²) in [5, 5.41) is 3.77. The van der Waals surface area contributed by atoms with E-state index in [0.29, 0.717) is 11.6 Å². The zero-order valence-electron chi connectivity index (χ0n) is 8.18. The smallest absolute Gasteiger partial charge is 0.120 e. The molecular weight excluding hydrogens is 221 g/mol. The van der Waals surface area contributed by atoms with E-state index in [1.54, 1.807) is 0 Å². The highest BCUT2D eigenvalue weighted by Gasteiger charge is 2.08. The van der Waals surface area contributed by atoms with Crippen molar-refractivity contribution in [1.82, 2.24) is 5.32 Å². The predicted octanol–water partition coefficient (Wildman–Crippen LogP) is 3.56. The average molecular weight is 234 g/mol. The summed E-state index contributed by atoms with van der Waals surface area (Å²) in [6.45, 7) is 4.48. The minimum absolute atomic E-state index is 0.133. The molecule has 1 aromatic heterocycles. The molecule has 4 heteroatoms. The topological polar surface area (TPSA) is 25.2 Å². The summed E-state index contributed by atoms with van der Waals surface area (Å²) < 4.78 is 5.45. The van der Waals surface area contributed by atoms with Crippen molar-refractivity contribution in [1.29, 1.82) is 0 Å². The summed E-state index contributed by atoms with van der Waals surface area (Å²) >= 11 is 11.2. The van der Waals surface area contributed by atoms with Gasteiger partial charge in [-0.2, -0.15) is 0 Å². The maximum absolute atomic E-state index is 5.74. The Hall–Kier alpha value is -0.440. The molecule has 0 aliphatic rings. The molecule has 14 heavy (non-hydrogen) atoms. The largest absolute Gasteiger partial charge is 0.465 e. The molecule has 0 fully saturated rings. The van der Waals surface area contributed by atoms with Gasteiger partial charge in [-0.15, -0.1) is 0 Å². The van der Waals surface area contributed by atoms with Gasteiger partial charge in [-0.25, -0.2) is 0 Å². The Bertz CT molecular complexity index is 320. The monoisotopic (exact) mass is 233 g/mol. The molecule has 1 heterocycles. The summed E-state index contributed by atoms with van der Waals surface area (Å²) in [6, 6.07) is 4.02. The van der Waals surface area contributed by atoms with Crippen molar-refractivity contribution in [3.05, 3.63) is 34.2 Å². The molecule has 2 nitrogen and oxygen atoms in total. The minimum atomic E-state index is 0.133. The number of hydrogen-bond acceptors (Lipinski definition) is 2. The average Bonchev–Trinajstić information content (AvgIpc) is 2.60. The van der Waals surface area contributed by atoms with E-state index in [4.69, 9.17) is 27.6 Å². The second-order valence-corrected chi connectivity index (χ2v) is 3.81. The van der Waals surface area contributed by atoms with E-state index < -0.39 is 0 Å². The van der Waals surface area contributed by atoms with Crippen molar-refractivity contribution >= 4 is 23.2 Å². The van der Waals surface area contributed by atoms with Crippen molar-refractivity contribution in [2.45, 2.75) is 19.9 Å². The second kappa shape index (κ2) is 5.44. The molecule has 0 spiro atoms. The number of furan rings is 1. The molecule has 1 atom stereocenters. The van der Waals surface area contributed by atoms with Crippen molar-refractivity contribution in [2.75, 3.05) is 6.54 Å². The first-order valence-corrected chi connectivity index (χ1v) is 5.19. The van der Waals surface area contributed by atoms with E-state index in [-0.39, 0.29) is 6.04 Å². The Balaban J connectivity index is 2.47. The lowest BCUT2D eigenvalue weighted by atomic mass is 10.2. The van der Waals surface area contributed by atoms with Gasteiger partial charge in [0, 0.05) is 17.1 Å². The number of aryl methyl sites for hydroxylation is 1. The quantitative estimate of drug-likeness (QED) is 0.861. The molecule has 0 aliphatic heterocycles. The third kappa shape index (κ3) is 3.37.